The summed E-state index contributed by atoms with van der Waals surface area (Å²) in [7, 11) is 0. The van der Waals surface area contributed by atoms with Crippen molar-refractivity contribution in [2.45, 2.75) is 69.6 Å². The van der Waals surface area contributed by atoms with Crippen LogP contribution in [-0.4, -0.2) is 60.4 Å². The molecule has 0 aromatic heterocycles. The van der Waals surface area contributed by atoms with Gasteiger partial charge < -0.3 is 4.74 Å². The Morgan fingerprint density at radius 2 is 1.86 bits per heavy atom. The van der Waals surface area contributed by atoms with Gasteiger partial charge in [-0.2, -0.15) is 0 Å². The van der Waals surface area contributed by atoms with E-state index in [-0.39, 0.29) is 18.1 Å². The Kier molecular flexibility index (Phi) is 4.38. The van der Waals surface area contributed by atoms with E-state index in [1.807, 2.05) is 0 Å². The van der Waals surface area contributed by atoms with Crippen LogP contribution in [0.2, 0.25) is 0 Å². The van der Waals surface area contributed by atoms with Gasteiger partial charge in [-0.1, -0.05) is 12.8 Å². The number of hydrogen-bond acceptors (Lipinski definition) is 4. The van der Waals surface area contributed by atoms with Gasteiger partial charge in [0.1, 0.15) is 6.10 Å². The Balaban J connectivity index is 1.34. The number of ether oxygens (including phenoxy) is 1. The normalized spacial score (nSPS) is 37.5. The molecule has 3 heterocycles. The Labute approximate surface area is 132 Å². The van der Waals surface area contributed by atoms with Gasteiger partial charge in [-0.05, 0) is 51.0 Å². The van der Waals surface area contributed by atoms with Crippen molar-refractivity contribution in [3.05, 3.63) is 0 Å². The topological polar surface area (TPSA) is 42.0 Å². The molecule has 5 nitrogen and oxygen atoms in total. The summed E-state index contributed by atoms with van der Waals surface area (Å²) in [4.78, 5) is 20.7. The predicted octanol–water partition coefficient (Wildman–Crippen LogP) is 1.96. The summed E-state index contributed by atoms with van der Waals surface area (Å²) in [6, 6.07) is 0.768. The number of hydrogen-bond donors (Lipinski definition) is 0. The number of carbonyl (C=O) groups is 1. The number of likely N-dealkylation sites (tertiary alicyclic amines) is 1. The van der Waals surface area contributed by atoms with Crippen molar-refractivity contribution in [3.8, 4) is 0 Å². The highest BCUT2D eigenvalue weighted by Gasteiger charge is 2.44. The monoisotopic (exact) mass is 308 g/mol. The lowest BCUT2D eigenvalue weighted by Crippen LogP contribution is -2.46. The molecule has 1 aliphatic carbocycles. The molecule has 22 heavy (non-hydrogen) atoms. The standard InChI is InChI=1S/C17H28N2O3/c20-17(19-8-3-4-10-21-19)15-11-13-7-9-18(12-16(13)22-15)14-5-1-2-6-14/h13-16H,1-12H2/t13-,15+,16+/m1/s1. The van der Waals surface area contributed by atoms with Crippen LogP contribution in [0.3, 0.4) is 0 Å². The van der Waals surface area contributed by atoms with Crippen LogP contribution < -0.4 is 0 Å². The fourth-order valence-corrected chi connectivity index (χ4v) is 4.65. The zero-order valence-corrected chi connectivity index (χ0v) is 13.4. The van der Waals surface area contributed by atoms with Gasteiger partial charge in [0.15, 0.2) is 0 Å². The van der Waals surface area contributed by atoms with Gasteiger partial charge in [-0.15, -0.1) is 0 Å². The Bertz CT molecular complexity index is 405. The number of hydroxylamine groups is 2. The van der Waals surface area contributed by atoms with Crippen molar-refractivity contribution in [3.63, 3.8) is 0 Å². The zero-order chi connectivity index (χ0) is 14.9. The molecule has 0 aromatic rings. The van der Waals surface area contributed by atoms with Gasteiger partial charge in [0, 0.05) is 19.1 Å². The van der Waals surface area contributed by atoms with Crippen molar-refractivity contribution < 1.29 is 14.4 Å². The molecule has 3 atom stereocenters. The lowest BCUT2D eigenvalue weighted by Gasteiger charge is -2.37. The second kappa shape index (κ2) is 6.46. The zero-order valence-electron chi connectivity index (χ0n) is 13.4. The van der Waals surface area contributed by atoms with Gasteiger partial charge in [-0.3, -0.25) is 14.5 Å². The summed E-state index contributed by atoms with van der Waals surface area (Å²) < 4.78 is 6.16. The van der Waals surface area contributed by atoms with Crippen molar-refractivity contribution in [2.24, 2.45) is 5.92 Å². The lowest BCUT2D eigenvalue weighted by atomic mass is 9.90. The van der Waals surface area contributed by atoms with Crippen molar-refractivity contribution in [1.82, 2.24) is 9.96 Å². The molecular formula is C17H28N2O3. The first-order valence-corrected chi connectivity index (χ1v) is 9.15. The van der Waals surface area contributed by atoms with Crippen LogP contribution in [0, 0.1) is 5.92 Å². The molecule has 0 bridgehead atoms. The number of rotatable bonds is 2. The highest BCUT2D eigenvalue weighted by atomic mass is 16.7. The largest absolute Gasteiger partial charge is 0.363 e. The highest BCUT2D eigenvalue weighted by molar-refractivity contribution is 5.80. The first kappa shape index (κ1) is 14.9. The quantitative estimate of drug-likeness (QED) is 0.782. The molecular weight excluding hydrogens is 280 g/mol. The van der Waals surface area contributed by atoms with Gasteiger partial charge >= 0.3 is 0 Å². The third-order valence-corrected chi connectivity index (χ3v) is 5.95. The minimum Gasteiger partial charge on any atom is -0.363 e. The smallest absolute Gasteiger partial charge is 0.275 e. The first-order chi connectivity index (χ1) is 10.8. The molecule has 1 amide bonds. The van der Waals surface area contributed by atoms with E-state index in [1.165, 1.54) is 38.6 Å². The van der Waals surface area contributed by atoms with Crippen molar-refractivity contribution in [2.75, 3.05) is 26.2 Å². The molecule has 4 rings (SSSR count). The third kappa shape index (κ3) is 2.91. The number of carbonyl (C=O) groups excluding carboxylic acids is 1. The predicted molar refractivity (Wildman–Crippen MR) is 82.1 cm³/mol. The summed E-state index contributed by atoms with van der Waals surface area (Å²) in [5, 5.41) is 1.56. The van der Waals surface area contributed by atoms with E-state index < -0.39 is 0 Å². The molecule has 1 saturated carbocycles. The molecule has 3 saturated heterocycles. The summed E-state index contributed by atoms with van der Waals surface area (Å²) in [6.07, 6.45) is 9.62. The van der Waals surface area contributed by atoms with E-state index in [4.69, 9.17) is 9.57 Å². The average Bonchev–Trinajstić information content (AvgIpc) is 3.23. The average molecular weight is 308 g/mol. The second-order valence-electron chi connectivity index (χ2n) is 7.36. The van der Waals surface area contributed by atoms with E-state index in [2.05, 4.69) is 4.90 Å². The molecule has 4 aliphatic rings. The maximum atomic E-state index is 12.5. The van der Waals surface area contributed by atoms with Crippen LogP contribution in [0.4, 0.5) is 0 Å². The molecule has 0 N–H and O–H groups in total. The molecule has 0 radical (unpaired) electrons. The molecule has 3 aliphatic heterocycles. The second-order valence-corrected chi connectivity index (χ2v) is 7.36. The van der Waals surface area contributed by atoms with Crippen LogP contribution in [0.1, 0.15) is 51.4 Å². The van der Waals surface area contributed by atoms with Crippen LogP contribution in [-0.2, 0) is 14.4 Å². The van der Waals surface area contributed by atoms with Crippen molar-refractivity contribution >= 4 is 5.91 Å². The molecule has 0 unspecified atom stereocenters. The van der Waals surface area contributed by atoms with E-state index in [9.17, 15) is 4.79 Å². The summed E-state index contributed by atoms with van der Waals surface area (Å²) in [5.41, 5.74) is 0. The molecule has 0 spiro atoms. The van der Waals surface area contributed by atoms with Crippen molar-refractivity contribution in [1.29, 1.82) is 0 Å². The van der Waals surface area contributed by atoms with Crippen LogP contribution >= 0.6 is 0 Å². The van der Waals surface area contributed by atoms with Crippen LogP contribution in [0.25, 0.3) is 0 Å². The number of amides is 1. The fourth-order valence-electron chi connectivity index (χ4n) is 4.65. The summed E-state index contributed by atoms with van der Waals surface area (Å²) >= 11 is 0. The highest BCUT2D eigenvalue weighted by Crippen LogP contribution is 2.36. The molecule has 0 aromatic carbocycles. The van der Waals surface area contributed by atoms with Gasteiger partial charge in [0.25, 0.3) is 5.91 Å². The van der Waals surface area contributed by atoms with Gasteiger partial charge in [0.2, 0.25) is 0 Å². The SMILES string of the molecule is O=C([C@@H]1C[C@H]2CCN(C3CCCC3)C[C@@H]2O1)N1CCCCO1. The third-order valence-electron chi connectivity index (χ3n) is 5.95. The minimum absolute atomic E-state index is 0.0570. The van der Waals surface area contributed by atoms with Gasteiger partial charge in [-0.25, -0.2) is 5.06 Å². The van der Waals surface area contributed by atoms with Crippen LogP contribution in [0.5, 0.6) is 0 Å². The lowest BCUT2D eigenvalue weighted by molar-refractivity contribution is -0.206. The summed E-state index contributed by atoms with van der Waals surface area (Å²) in [6.45, 7) is 3.61. The minimum atomic E-state index is -0.267. The van der Waals surface area contributed by atoms with Crippen LogP contribution in [0.15, 0.2) is 0 Å². The number of nitrogens with zero attached hydrogens (tertiary/aromatic N) is 2. The first-order valence-electron chi connectivity index (χ1n) is 9.15. The summed E-state index contributed by atoms with van der Waals surface area (Å²) in [5.74, 6) is 0.623. The fraction of sp³-hybridized carbons (Fsp3) is 0.941. The Hall–Kier alpha value is -0.650. The van der Waals surface area contributed by atoms with E-state index in [0.717, 1.165) is 38.4 Å². The number of fused-ring (bicyclic) bond motifs is 1. The molecule has 124 valence electrons. The molecule has 4 fully saturated rings. The Morgan fingerprint density at radius 1 is 1.00 bits per heavy atom. The van der Waals surface area contributed by atoms with E-state index in [1.54, 1.807) is 5.06 Å². The molecule has 5 heteroatoms. The van der Waals surface area contributed by atoms with E-state index in [0.29, 0.717) is 12.5 Å². The maximum absolute atomic E-state index is 12.5. The Morgan fingerprint density at radius 3 is 2.64 bits per heavy atom. The van der Waals surface area contributed by atoms with E-state index >= 15 is 0 Å². The van der Waals surface area contributed by atoms with Gasteiger partial charge in [0.05, 0.1) is 12.7 Å². The number of piperidine rings is 1. The maximum Gasteiger partial charge on any atom is 0.275 e.